The van der Waals surface area contributed by atoms with Gasteiger partial charge < -0.3 is 10.2 Å². The molecule has 1 amide bonds. The van der Waals surface area contributed by atoms with Gasteiger partial charge in [0.15, 0.2) is 0 Å². The Morgan fingerprint density at radius 1 is 1.22 bits per heavy atom. The molecule has 1 aromatic rings. The lowest BCUT2D eigenvalue weighted by atomic mass is 10.1. The number of rotatable bonds is 6. The van der Waals surface area contributed by atoms with Crippen LogP contribution in [-0.4, -0.2) is 19.0 Å². The maximum atomic E-state index is 12.9. The van der Waals surface area contributed by atoms with Crippen LogP contribution in [0.2, 0.25) is 0 Å². The average Bonchev–Trinajstić information content (AvgIpc) is 3.00. The highest BCUT2D eigenvalue weighted by Crippen LogP contribution is 2.36. The van der Waals surface area contributed by atoms with Gasteiger partial charge in [-0.15, -0.1) is 0 Å². The molecule has 1 N–H and O–H groups in total. The predicted octanol–water partition coefficient (Wildman–Crippen LogP) is 4.82. The maximum absolute atomic E-state index is 12.9. The molecule has 0 aromatic heterocycles. The van der Waals surface area contributed by atoms with Crippen LogP contribution in [0.25, 0.3) is 0 Å². The molecule has 0 spiro atoms. The molecule has 0 aliphatic carbocycles. The number of hydrogen-bond donors (Lipinski definition) is 1. The Kier molecular flexibility index (Phi) is 5.91. The number of benzene rings is 1. The summed E-state index contributed by atoms with van der Waals surface area (Å²) < 4.78 is 38.8. The minimum Gasteiger partial charge on any atom is -0.370 e. The zero-order valence-electron chi connectivity index (χ0n) is 13.4. The van der Waals surface area contributed by atoms with Crippen molar-refractivity contribution in [3.05, 3.63) is 23.8 Å². The van der Waals surface area contributed by atoms with E-state index in [1.54, 1.807) is 0 Å². The number of hydrogen-bond acceptors (Lipinski definition) is 2. The third-order valence-corrected chi connectivity index (χ3v) is 4.05. The number of unbranched alkanes of at least 4 members (excludes halogenated alkanes) is 2. The van der Waals surface area contributed by atoms with Crippen LogP contribution in [-0.2, 0) is 11.0 Å². The molecule has 1 saturated heterocycles. The van der Waals surface area contributed by atoms with Crippen molar-refractivity contribution in [1.82, 2.24) is 0 Å². The zero-order chi connectivity index (χ0) is 16.9. The molecule has 1 heterocycles. The van der Waals surface area contributed by atoms with E-state index in [2.05, 4.69) is 5.32 Å². The lowest BCUT2D eigenvalue weighted by Crippen LogP contribution is -2.21. The molecule has 6 heteroatoms. The fourth-order valence-electron chi connectivity index (χ4n) is 2.79. The van der Waals surface area contributed by atoms with Crippen molar-refractivity contribution in [3.8, 4) is 0 Å². The van der Waals surface area contributed by atoms with Gasteiger partial charge in [-0.2, -0.15) is 13.2 Å². The Labute approximate surface area is 134 Å². The summed E-state index contributed by atoms with van der Waals surface area (Å²) in [6.45, 7) is 3.66. The molecule has 128 valence electrons. The van der Waals surface area contributed by atoms with E-state index in [4.69, 9.17) is 0 Å². The molecule has 23 heavy (non-hydrogen) atoms. The van der Waals surface area contributed by atoms with E-state index in [0.29, 0.717) is 12.1 Å². The van der Waals surface area contributed by atoms with Gasteiger partial charge in [-0.05, 0) is 37.5 Å². The molecule has 1 aliphatic rings. The Balaban J connectivity index is 2.19. The van der Waals surface area contributed by atoms with Crippen LogP contribution in [0.3, 0.4) is 0 Å². The van der Waals surface area contributed by atoms with Crippen LogP contribution < -0.4 is 10.2 Å². The van der Waals surface area contributed by atoms with Crippen LogP contribution in [0.15, 0.2) is 18.2 Å². The Morgan fingerprint density at radius 2 is 1.91 bits per heavy atom. The summed E-state index contributed by atoms with van der Waals surface area (Å²) in [5.41, 5.74) is 0.215. The first-order valence-corrected chi connectivity index (χ1v) is 8.18. The van der Waals surface area contributed by atoms with Gasteiger partial charge >= 0.3 is 6.18 Å². The smallest absolute Gasteiger partial charge is 0.370 e. The minimum absolute atomic E-state index is 0.224. The molecule has 1 fully saturated rings. The Bertz CT molecular complexity index is 537. The quantitative estimate of drug-likeness (QED) is 0.759. The van der Waals surface area contributed by atoms with Crippen LogP contribution >= 0.6 is 0 Å². The van der Waals surface area contributed by atoms with Gasteiger partial charge in [-0.25, -0.2) is 0 Å². The standard InChI is InChI=1S/C17H23F3N2O/c1-2-3-4-7-16(23)21-14-12-13(17(18,19)20)8-9-15(14)22-10-5-6-11-22/h8-9,12H,2-7,10-11H2,1H3,(H,21,23). The van der Waals surface area contributed by atoms with Crippen molar-refractivity contribution in [1.29, 1.82) is 0 Å². The van der Waals surface area contributed by atoms with Crippen LogP contribution in [0.4, 0.5) is 24.5 Å². The third-order valence-electron chi connectivity index (χ3n) is 4.05. The highest BCUT2D eigenvalue weighted by molar-refractivity contribution is 5.94. The number of anilines is 2. The number of carbonyl (C=O) groups is 1. The molecule has 3 nitrogen and oxygen atoms in total. The first kappa shape index (κ1) is 17.6. The zero-order valence-corrected chi connectivity index (χ0v) is 13.4. The molecule has 1 aromatic carbocycles. The van der Waals surface area contributed by atoms with Crippen molar-refractivity contribution in [3.63, 3.8) is 0 Å². The van der Waals surface area contributed by atoms with E-state index in [0.717, 1.165) is 57.3 Å². The van der Waals surface area contributed by atoms with Crippen LogP contribution in [0, 0.1) is 0 Å². The Morgan fingerprint density at radius 3 is 2.52 bits per heavy atom. The van der Waals surface area contributed by atoms with E-state index in [1.165, 1.54) is 6.07 Å². The normalized spacial score (nSPS) is 15.0. The van der Waals surface area contributed by atoms with E-state index in [-0.39, 0.29) is 11.6 Å². The van der Waals surface area contributed by atoms with Gasteiger partial charge in [0, 0.05) is 19.5 Å². The lowest BCUT2D eigenvalue weighted by molar-refractivity contribution is -0.137. The largest absolute Gasteiger partial charge is 0.416 e. The molecule has 0 atom stereocenters. The fourth-order valence-corrected chi connectivity index (χ4v) is 2.79. The number of halogens is 3. The average molecular weight is 328 g/mol. The van der Waals surface area contributed by atoms with E-state index < -0.39 is 11.7 Å². The molecule has 0 radical (unpaired) electrons. The van der Waals surface area contributed by atoms with Gasteiger partial charge in [0.05, 0.1) is 16.9 Å². The SMILES string of the molecule is CCCCCC(=O)Nc1cc(C(F)(F)F)ccc1N1CCCC1. The van der Waals surface area contributed by atoms with Gasteiger partial charge in [-0.1, -0.05) is 19.8 Å². The molecular formula is C17H23F3N2O. The summed E-state index contributed by atoms with van der Waals surface area (Å²) in [6, 6.07) is 3.60. The second-order valence-corrected chi connectivity index (χ2v) is 5.93. The number of nitrogens with one attached hydrogen (secondary N) is 1. The van der Waals surface area contributed by atoms with Gasteiger partial charge in [0.1, 0.15) is 0 Å². The number of nitrogens with zero attached hydrogens (tertiary/aromatic N) is 1. The third kappa shape index (κ3) is 4.88. The lowest BCUT2D eigenvalue weighted by Gasteiger charge is -2.23. The molecular weight excluding hydrogens is 305 g/mol. The first-order chi connectivity index (χ1) is 10.9. The van der Waals surface area contributed by atoms with E-state index >= 15 is 0 Å². The molecule has 0 bridgehead atoms. The number of amides is 1. The van der Waals surface area contributed by atoms with Crippen molar-refractivity contribution in [2.45, 2.75) is 51.6 Å². The summed E-state index contributed by atoms with van der Waals surface area (Å²) in [7, 11) is 0. The fraction of sp³-hybridized carbons (Fsp3) is 0.588. The summed E-state index contributed by atoms with van der Waals surface area (Å²) in [4.78, 5) is 14.0. The topological polar surface area (TPSA) is 32.3 Å². The molecule has 2 rings (SSSR count). The van der Waals surface area contributed by atoms with Gasteiger partial charge in [-0.3, -0.25) is 4.79 Å². The molecule has 0 saturated carbocycles. The van der Waals surface area contributed by atoms with Crippen molar-refractivity contribution in [2.75, 3.05) is 23.3 Å². The van der Waals surface area contributed by atoms with Crippen molar-refractivity contribution in [2.24, 2.45) is 0 Å². The Hall–Kier alpha value is -1.72. The highest BCUT2D eigenvalue weighted by atomic mass is 19.4. The molecule has 1 aliphatic heterocycles. The summed E-state index contributed by atoms with van der Waals surface area (Å²) in [5.74, 6) is -0.224. The minimum atomic E-state index is -4.41. The highest BCUT2D eigenvalue weighted by Gasteiger charge is 2.31. The second-order valence-electron chi connectivity index (χ2n) is 5.93. The number of alkyl halides is 3. The van der Waals surface area contributed by atoms with Gasteiger partial charge in [0.25, 0.3) is 0 Å². The molecule has 0 unspecified atom stereocenters. The van der Waals surface area contributed by atoms with E-state index in [9.17, 15) is 18.0 Å². The number of carbonyl (C=O) groups excluding carboxylic acids is 1. The van der Waals surface area contributed by atoms with Crippen LogP contribution in [0.1, 0.15) is 51.0 Å². The predicted molar refractivity (Wildman–Crippen MR) is 85.7 cm³/mol. The van der Waals surface area contributed by atoms with Crippen molar-refractivity contribution >= 4 is 17.3 Å². The first-order valence-electron chi connectivity index (χ1n) is 8.18. The van der Waals surface area contributed by atoms with Gasteiger partial charge in [0.2, 0.25) is 5.91 Å². The monoisotopic (exact) mass is 328 g/mol. The summed E-state index contributed by atoms with van der Waals surface area (Å²) >= 11 is 0. The second kappa shape index (κ2) is 7.70. The van der Waals surface area contributed by atoms with E-state index in [1.807, 2.05) is 11.8 Å². The maximum Gasteiger partial charge on any atom is 0.416 e. The summed E-state index contributed by atoms with van der Waals surface area (Å²) in [6.07, 6.45) is 0.649. The van der Waals surface area contributed by atoms with Crippen molar-refractivity contribution < 1.29 is 18.0 Å². The van der Waals surface area contributed by atoms with Crippen LogP contribution in [0.5, 0.6) is 0 Å². The summed E-state index contributed by atoms with van der Waals surface area (Å²) in [5, 5.41) is 2.68.